The van der Waals surface area contributed by atoms with Gasteiger partial charge in [0.15, 0.2) is 11.5 Å². The summed E-state index contributed by atoms with van der Waals surface area (Å²) in [7, 11) is 1.57. The van der Waals surface area contributed by atoms with E-state index in [1.54, 1.807) is 36.3 Å². The van der Waals surface area contributed by atoms with Gasteiger partial charge in [-0.2, -0.15) is 4.98 Å². The zero-order valence-electron chi connectivity index (χ0n) is 17.7. The summed E-state index contributed by atoms with van der Waals surface area (Å²) in [6.45, 7) is 4.83. The number of likely N-dealkylation sites (tertiary alicyclic amines) is 1. The largest absolute Gasteiger partial charge is 0.493 e. The second-order valence-corrected chi connectivity index (χ2v) is 7.43. The summed E-state index contributed by atoms with van der Waals surface area (Å²) in [4.78, 5) is 18.9. The van der Waals surface area contributed by atoms with Crippen molar-refractivity contribution in [3.8, 4) is 22.9 Å². The number of amides is 1. The molecule has 2 heterocycles. The Morgan fingerprint density at radius 2 is 2.00 bits per heavy atom. The van der Waals surface area contributed by atoms with Crippen LogP contribution in [0, 0.1) is 5.82 Å². The van der Waals surface area contributed by atoms with Gasteiger partial charge >= 0.3 is 0 Å². The van der Waals surface area contributed by atoms with Crippen LogP contribution in [0.2, 0.25) is 0 Å². The van der Waals surface area contributed by atoms with E-state index < -0.39 is 0 Å². The fourth-order valence-corrected chi connectivity index (χ4v) is 3.79. The van der Waals surface area contributed by atoms with Gasteiger partial charge in [-0.15, -0.1) is 0 Å². The first kappa shape index (κ1) is 20.8. The molecule has 1 fully saturated rings. The topological polar surface area (TPSA) is 77.7 Å². The predicted octanol–water partition coefficient (Wildman–Crippen LogP) is 4.36. The van der Waals surface area contributed by atoms with Gasteiger partial charge in [-0.05, 0) is 49.7 Å². The minimum atomic E-state index is -0.300. The highest BCUT2D eigenvalue weighted by molar-refractivity contribution is 5.80. The Bertz CT molecular complexity index is 1070. The molecule has 2 atom stereocenters. The van der Waals surface area contributed by atoms with Crippen LogP contribution in [0.25, 0.3) is 11.4 Å². The van der Waals surface area contributed by atoms with Gasteiger partial charge in [0.25, 0.3) is 0 Å². The molecule has 2 unspecified atom stereocenters. The van der Waals surface area contributed by atoms with Crippen molar-refractivity contribution in [3.05, 3.63) is 59.7 Å². The van der Waals surface area contributed by atoms with Crippen LogP contribution in [-0.4, -0.2) is 41.2 Å². The van der Waals surface area contributed by atoms with Gasteiger partial charge in [0.1, 0.15) is 5.82 Å². The van der Waals surface area contributed by atoms with Crippen LogP contribution in [0.15, 0.2) is 47.0 Å². The van der Waals surface area contributed by atoms with E-state index >= 15 is 0 Å². The van der Waals surface area contributed by atoms with Gasteiger partial charge in [-0.25, -0.2) is 4.39 Å². The van der Waals surface area contributed by atoms with Crippen LogP contribution < -0.4 is 9.47 Å². The summed E-state index contributed by atoms with van der Waals surface area (Å²) in [6, 6.07) is 11.5. The zero-order valence-corrected chi connectivity index (χ0v) is 17.7. The van der Waals surface area contributed by atoms with Gasteiger partial charge in [-0.3, -0.25) is 4.79 Å². The van der Waals surface area contributed by atoms with Crippen molar-refractivity contribution in [1.82, 2.24) is 15.0 Å². The van der Waals surface area contributed by atoms with E-state index in [4.69, 9.17) is 14.0 Å². The van der Waals surface area contributed by atoms with E-state index in [1.807, 2.05) is 19.9 Å². The highest BCUT2D eigenvalue weighted by atomic mass is 19.1. The zero-order chi connectivity index (χ0) is 22.0. The van der Waals surface area contributed by atoms with Crippen molar-refractivity contribution in [2.75, 3.05) is 20.3 Å². The molecule has 7 nitrogen and oxygen atoms in total. The van der Waals surface area contributed by atoms with Crippen molar-refractivity contribution in [2.24, 2.45) is 0 Å². The number of hydrogen-bond acceptors (Lipinski definition) is 6. The first-order valence-corrected chi connectivity index (χ1v) is 10.2. The first-order chi connectivity index (χ1) is 15.0. The SMILES string of the molecule is CCOc1ccc(-c2noc(C3CC(=O)N(C(C)c4ccc(F)cc4)C3)n2)cc1OC. The average molecular weight is 425 g/mol. The molecule has 1 aromatic heterocycles. The number of benzene rings is 2. The molecule has 162 valence electrons. The maximum Gasteiger partial charge on any atom is 0.232 e. The molecule has 31 heavy (non-hydrogen) atoms. The van der Waals surface area contributed by atoms with Crippen LogP contribution in [0.5, 0.6) is 11.5 Å². The number of methoxy groups -OCH3 is 1. The Hall–Kier alpha value is -3.42. The summed E-state index contributed by atoms with van der Waals surface area (Å²) >= 11 is 0. The second-order valence-electron chi connectivity index (χ2n) is 7.43. The van der Waals surface area contributed by atoms with Gasteiger partial charge in [0.2, 0.25) is 17.6 Å². The molecular weight excluding hydrogens is 401 g/mol. The summed E-state index contributed by atoms with van der Waals surface area (Å²) in [5.41, 5.74) is 1.61. The van der Waals surface area contributed by atoms with Crippen LogP contribution in [0.4, 0.5) is 4.39 Å². The lowest BCUT2D eigenvalue weighted by molar-refractivity contribution is -0.129. The van der Waals surface area contributed by atoms with Crippen molar-refractivity contribution in [1.29, 1.82) is 0 Å². The fourth-order valence-electron chi connectivity index (χ4n) is 3.79. The number of rotatable bonds is 7. The van der Waals surface area contributed by atoms with Crippen LogP contribution in [-0.2, 0) is 4.79 Å². The fraction of sp³-hybridized carbons (Fsp3) is 0.348. The van der Waals surface area contributed by atoms with E-state index in [1.165, 1.54) is 12.1 Å². The Balaban J connectivity index is 1.51. The summed E-state index contributed by atoms with van der Waals surface area (Å²) in [5.74, 6) is 1.58. The maximum absolute atomic E-state index is 13.2. The molecule has 1 aliphatic heterocycles. The van der Waals surface area contributed by atoms with E-state index in [0.29, 0.717) is 42.8 Å². The third-order valence-electron chi connectivity index (χ3n) is 5.49. The lowest BCUT2D eigenvalue weighted by Crippen LogP contribution is -2.28. The molecule has 2 aromatic carbocycles. The molecule has 0 spiro atoms. The van der Waals surface area contributed by atoms with Crippen molar-refractivity contribution in [2.45, 2.75) is 32.2 Å². The Labute approximate surface area is 179 Å². The molecule has 0 bridgehead atoms. The van der Waals surface area contributed by atoms with E-state index in [2.05, 4.69) is 10.1 Å². The smallest absolute Gasteiger partial charge is 0.232 e. The molecule has 0 aliphatic carbocycles. The van der Waals surface area contributed by atoms with Gasteiger partial charge < -0.3 is 18.9 Å². The van der Waals surface area contributed by atoms with E-state index in [0.717, 1.165) is 11.1 Å². The molecule has 0 radical (unpaired) electrons. The number of halogens is 1. The van der Waals surface area contributed by atoms with E-state index in [9.17, 15) is 9.18 Å². The number of ether oxygens (including phenoxy) is 2. The molecular formula is C23H24FN3O4. The predicted molar refractivity (Wildman–Crippen MR) is 111 cm³/mol. The molecule has 0 saturated carbocycles. The minimum Gasteiger partial charge on any atom is -0.493 e. The number of aromatic nitrogens is 2. The highest BCUT2D eigenvalue weighted by Crippen LogP contribution is 2.35. The third kappa shape index (κ3) is 4.23. The first-order valence-electron chi connectivity index (χ1n) is 10.2. The third-order valence-corrected chi connectivity index (χ3v) is 5.49. The average Bonchev–Trinajstić information content (AvgIpc) is 3.41. The van der Waals surface area contributed by atoms with Gasteiger partial charge in [0, 0.05) is 18.5 Å². The number of carbonyl (C=O) groups is 1. The molecule has 1 amide bonds. The molecule has 4 rings (SSSR count). The van der Waals surface area contributed by atoms with Crippen molar-refractivity contribution < 1.29 is 23.2 Å². The molecule has 8 heteroatoms. The quantitative estimate of drug-likeness (QED) is 0.560. The monoisotopic (exact) mass is 425 g/mol. The van der Waals surface area contributed by atoms with Gasteiger partial charge in [0.05, 0.1) is 25.7 Å². The lowest BCUT2D eigenvalue weighted by atomic mass is 10.1. The summed E-state index contributed by atoms with van der Waals surface area (Å²) < 4.78 is 29.6. The van der Waals surface area contributed by atoms with Crippen LogP contribution in [0.3, 0.4) is 0 Å². The highest BCUT2D eigenvalue weighted by Gasteiger charge is 2.37. The second kappa shape index (κ2) is 8.75. The van der Waals surface area contributed by atoms with Gasteiger partial charge in [-0.1, -0.05) is 17.3 Å². The summed E-state index contributed by atoms with van der Waals surface area (Å²) in [5, 5.41) is 4.09. The Morgan fingerprint density at radius 1 is 1.23 bits per heavy atom. The minimum absolute atomic E-state index is 0.00399. The summed E-state index contributed by atoms with van der Waals surface area (Å²) in [6.07, 6.45) is 0.291. The Morgan fingerprint density at radius 3 is 2.71 bits per heavy atom. The number of hydrogen-bond donors (Lipinski definition) is 0. The van der Waals surface area contributed by atoms with Crippen molar-refractivity contribution in [3.63, 3.8) is 0 Å². The molecule has 1 aliphatic rings. The van der Waals surface area contributed by atoms with Crippen LogP contribution >= 0.6 is 0 Å². The maximum atomic E-state index is 13.2. The number of nitrogens with zero attached hydrogens (tertiary/aromatic N) is 3. The van der Waals surface area contributed by atoms with E-state index in [-0.39, 0.29) is 23.7 Å². The normalized spacial score (nSPS) is 17.1. The number of carbonyl (C=O) groups excluding carboxylic acids is 1. The molecule has 1 saturated heterocycles. The standard InChI is InChI=1S/C23H24FN3O4/c1-4-30-19-10-7-16(11-20(19)29-3)22-25-23(31-26-22)17-12-21(28)27(13-17)14(2)15-5-8-18(24)9-6-15/h5-11,14,17H,4,12-13H2,1-3H3. The Kier molecular flexibility index (Phi) is 5.88. The van der Waals surface area contributed by atoms with Crippen molar-refractivity contribution >= 4 is 5.91 Å². The molecule has 3 aromatic rings. The van der Waals surface area contributed by atoms with Crippen LogP contribution in [0.1, 0.15) is 43.7 Å². The lowest BCUT2D eigenvalue weighted by Gasteiger charge is -2.25. The molecule has 0 N–H and O–H groups in total.